The van der Waals surface area contributed by atoms with E-state index in [9.17, 15) is 0 Å². The van der Waals surface area contributed by atoms with Crippen LogP contribution in [0.4, 0.5) is 0 Å². The van der Waals surface area contributed by atoms with Crippen molar-refractivity contribution in [2.45, 2.75) is 45.4 Å². The Morgan fingerprint density at radius 1 is 1.33 bits per heavy atom. The molecule has 2 heteroatoms. The van der Waals surface area contributed by atoms with Crippen molar-refractivity contribution in [2.24, 2.45) is 10.7 Å². The molecule has 0 bridgehead atoms. The molecule has 1 aliphatic rings. The van der Waals surface area contributed by atoms with E-state index in [2.05, 4.69) is 42.2 Å². The Kier molecular flexibility index (Phi) is 4.19. The molecule has 0 heterocycles. The van der Waals surface area contributed by atoms with Crippen LogP contribution >= 0.6 is 0 Å². The van der Waals surface area contributed by atoms with Crippen molar-refractivity contribution < 1.29 is 0 Å². The zero-order chi connectivity index (χ0) is 13.0. The monoisotopic (exact) mass is 242 g/mol. The average molecular weight is 242 g/mol. The molecule has 2 rings (SSSR count). The number of amidine groups is 1. The van der Waals surface area contributed by atoms with Crippen LogP contribution in [0.1, 0.15) is 51.0 Å². The second-order valence-electron chi connectivity index (χ2n) is 5.03. The lowest BCUT2D eigenvalue weighted by Crippen LogP contribution is -2.13. The summed E-state index contributed by atoms with van der Waals surface area (Å²) in [5.41, 5.74) is 9.89. The van der Waals surface area contributed by atoms with Crippen LogP contribution < -0.4 is 5.73 Å². The summed E-state index contributed by atoms with van der Waals surface area (Å²) in [6, 6.07) is 10.7. The van der Waals surface area contributed by atoms with Crippen LogP contribution in [-0.4, -0.2) is 5.84 Å². The topological polar surface area (TPSA) is 38.4 Å². The molecule has 0 radical (unpaired) electrons. The van der Waals surface area contributed by atoms with E-state index in [0.29, 0.717) is 5.92 Å². The van der Waals surface area contributed by atoms with Crippen molar-refractivity contribution in [3.05, 3.63) is 47.2 Å². The van der Waals surface area contributed by atoms with Gasteiger partial charge >= 0.3 is 0 Å². The summed E-state index contributed by atoms with van der Waals surface area (Å²) < 4.78 is 0. The number of nitrogens with two attached hydrogens (primary N) is 1. The van der Waals surface area contributed by atoms with E-state index >= 15 is 0 Å². The smallest absolute Gasteiger partial charge is 0.0989 e. The van der Waals surface area contributed by atoms with Crippen LogP contribution in [0.25, 0.3) is 0 Å². The van der Waals surface area contributed by atoms with E-state index in [1.807, 2.05) is 6.92 Å². The third kappa shape index (κ3) is 3.00. The number of nitrogens with zero attached hydrogens (tertiary/aromatic N) is 1. The first-order valence-corrected chi connectivity index (χ1v) is 6.77. The number of hydrogen-bond donors (Lipinski definition) is 1. The number of benzene rings is 1. The second-order valence-corrected chi connectivity index (χ2v) is 5.03. The van der Waals surface area contributed by atoms with E-state index in [1.54, 1.807) is 0 Å². The van der Waals surface area contributed by atoms with Crippen molar-refractivity contribution in [1.29, 1.82) is 0 Å². The molecular weight excluding hydrogens is 220 g/mol. The standard InChI is InChI=1S/C16H22N2/c1-3-16(17)18-15-11-14(10-9-12(15)2)13-7-5-4-6-8-13/h4-8,14H,3,9-11H2,1-2H3,(H2,17,18). The molecule has 1 aliphatic carbocycles. The van der Waals surface area contributed by atoms with Gasteiger partial charge in [0.25, 0.3) is 0 Å². The molecule has 96 valence electrons. The summed E-state index contributed by atoms with van der Waals surface area (Å²) in [7, 11) is 0. The first-order valence-electron chi connectivity index (χ1n) is 6.77. The highest BCUT2D eigenvalue weighted by atomic mass is 14.9. The van der Waals surface area contributed by atoms with Gasteiger partial charge < -0.3 is 5.73 Å². The van der Waals surface area contributed by atoms with E-state index in [1.165, 1.54) is 23.3 Å². The largest absolute Gasteiger partial charge is 0.387 e. The maximum atomic E-state index is 5.87. The van der Waals surface area contributed by atoms with Gasteiger partial charge in [0, 0.05) is 12.1 Å². The van der Waals surface area contributed by atoms with Gasteiger partial charge in [0.15, 0.2) is 0 Å². The molecule has 1 aromatic carbocycles. The zero-order valence-electron chi connectivity index (χ0n) is 11.3. The summed E-state index contributed by atoms with van der Waals surface area (Å²) in [4.78, 5) is 4.59. The molecule has 0 fully saturated rings. The number of aliphatic imine (C=N–C) groups is 1. The minimum atomic E-state index is 0.596. The van der Waals surface area contributed by atoms with Gasteiger partial charge in [-0.15, -0.1) is 0 Å². The highest BCUT2D eigenvalue weighted by Crippen LogP contribution is 2.36. The van der Waals surface area contributed by atoms with Crippen LogP contribution in [0.15, 0.2) is 46.6 Å². The van der Waals surface area contributed by atoms with Gasteiger partial charge in [-0.3, -0.25) is 0 Å². The lowest BCUT2D eigenvalue weighted by Gasteiger charge is -2.24. The Hall–Kier alpha value is -1.57. The van der Waals surface area contributed by atoms with Gasteiger partial charge in [-0.2, -0.15) is 0 Å². The maximum Gasteiger partial charge on any atom is 0.0989 e. The van der Waals surface area contributed by atoms with E-state index in [4.69, 9.17) is 5.73 Å². The predicted octanol–water partition coefficient (Wildman–Crippen LogP) is 4.00. The predicted molar refractivity (Wildman–Crippen MR) is 77.6 cm³/mol. The fourth-order valence-corrected chi connectivity index (χ4v) is 2.45. The summed E-state index contributed by atoms with van der Waals surface area (Å²) >= 11 is 0. The molecule has 1 atom stereocenters. The molecule has 0 aromatic heterocycles. The third-order valence-corrected chi connectivity index (χ3v) is 3.71. The van der Waals surface area contributed by atoms with Crippen LogP contribution in [0.2, 0.25) is 0 Å². The lowest BCUT2D eigenvalue weighted by atomic mass is 9.83. The van der Waals surface area contributed by atoms with E-state index in [0.717, 1.165) is 25.1 Å². The fourth-order valence-electron chi connectivity index (χ4n) is 2.45. The van der Waals surface area contributed by atoms with Crippen molar-refractivity contribution in [3.63, 3.8) is 0 Å². The summed E-state index contributed by atoms with van der Waals surface area (Å²) in [5, 5.41) is 0. The highest BCUT2D eigenvalue weighted by molar-refractivity contribution is 5.81. The van der Waals surface area contributed by atoms with Crippen LogP contribution in [0.5, 0.6) is 0 Å². The Morgan fingerprint density at radius 2 is 2.06 bits per heavy atom. The molecule has 0 aliphatic heterocycles. The quantitative estimate of drug-likeness (QED) is 0.631. The molecule has 0 saturated carbocycles. The van der Waals surface area contributed by atoms with Gasteiger partial charge in [0.2, 0.25) is 0 Å². The fraction of sp³-hybridized carbons (Fsp3) is 0.438. The maximum absolute atomic E-state index is 5.87. The second kappa shape index (κ2) is 5.85. The molecular formula is C16H22N2. The van der Waals surface area contributed by atoms with Crippen LogP contribution in [0.3, 0.4) is 0 Å². The SMILES string of the molecule is CCC(N)=NC1=C(C)CCC(c2ccccc2)C1. The van der Waals surface area contributed by atoms with Gasteiger partial charge in [0.1, 0.15) is 0 Å². The van der Waals surface area contributed by atoms with Gasteiger partial charge in [-0.25, -0.2) is 4.99 Å². The Labute approximate surface area is 110 Å². The van der Waals surface area contributed by atoms with E-state index < -0.39 is 0 Å². The Morgan fingerprint density at radius 3 is 2.72 bits per heavy atom. The van der Waals surface area contributed by atoms with Gasteiger partial charge in [0.05, 0.1) is 5.84 Å². The average Bonchev–Trinajstić information content (AvgIpc) is 2.42. The first-order chi connectivity index (χ1) is 8.70. The molecule has 1 unspecified atom stereocenters. The minimum Gasteiger partial charge on any atom is -0.387 e. The molecule has 0 spiro atoms. The van der Waals surface area contributed by atoms with E-state index in [-0.39, 0.29) is 0 Å². The van der Waals surface area contributed by atoms with Gasteiger partial charge in [-0.05, 0) is 37.7 Å². The Balaban J connectivity index is 2.18. The van der Waals surface area contributed by atoms with Gasteiger partial charge in [-0.1, -0.05) is 42.8 Å². The van der Waals surface area contributed by atoms with Crippen molar-refractivity contribution in [2.75, 3.05) is 0 Å². The van der Waals surface area contributed by atoms with Crippen molar-refractivity contribution >= 4 is 5.84 Å². The molecule has 2 N–H and O–H groups in total. The summed E-state index contributed by atoms with van der Waals surface area (Å²) in [5.74, 6) is 1.34. The normalized spacial score (nSPS) is 21.2. The van der Waals surface area contributed by atoms with Crippen molar-refractivity contribution in [3.8, 4) is 0 Å². The van der Waals surface area contributed by atoms with Crippen LogP contribution in [0, 0.1) is 0 Å². The zero-order valence-corrected chi connectivity index (χ0v) is 11.3. The van der Waals surface area contributed by atoms with Crippen molar-refractivity contribution in [1.82, 2.24) is 0 Å². The molecule has 18 heavy (non-hydrogen) atoms. The number of hydrogen-bond acceptors (Lipinski definition) is 1. The highest BCUT2D eigenvalue weighted by Gasteiger charge is 2.20. The molecule has 0 saturated heterocycles. The number of rotatable bonds is 3. The van der Waals surface area contributed by atoms with Crippen LogP contribution in [-0.2, 0) is 0 Å². The minimum absolute atomic E-state index is 0.596. The summed E-state index contributed by atoms with van der Waals surface area (Å²) in [6.45, 7) is 4.23. The third-order valence-electron chi connectivity index (χ3n) is 3.71. The molecule has 0 amide bonds. The Bertz CT molecular complexity index is 457. The summed E-state index contributed by atoms with van der Waals surface area (Å²) in [6.07, 6.45) is 4.21. The molecule has 2 nitrogen and oxygen atoms in total. The number of allylic oxidation sites excluding steroid dienone is 2. The first kappa shape index (κ1) is 12.9. The molecule has 1 aromatic rings. The lowest BCUT2D eigenvalue weighted by molar-refractivity contribution is 0.573.